The number of nitrogens with zero attached hydrogens (tertiary/aromatic N) is 2. The van der Waals surface area contributed by atoms with Gasteiger partial charge in [-0.2, -0.15) is 5.10 Å². The molecule has 110 valence electrons. The van der Waals surface area contributed by atoms with Crippen molar-refractivity contribution in [1.29, 1.82) is 0 Å². The predicted molar refractivity (Wildman–Crippen MR) is 73.6 cm³/mol. The molecule has 0 spiro atoms. The summed E-state index contributed by atoms with van der Waals surface area (Å²) in [6, 6.07) is -0.346. The van der Waals surface area contributed by atoms with Crippen LogP contribution in [0.2, 0.25) is 0 Å². The van der Waals surface area contributed by atoms with Crippen LogP contribution in [0.3, 0.4) is 0 Å². The van der Waals surface area contributed by atoms with Crippen molar-refractivity contribution in [2.75, 3.05) is 0 Å². The third kappa shape index (κ3) is 3.00. The number of hydrogen-bond acceptors (Lipinski definition) is 3. The normalized spacial score (nSPS) is 15.5. The second kappa shape index (κ2) is 6.07. The SMILES string of the molecule is CCC(CC(=O)O)NC(=O)c1nn(C)c2c1CCCC2. The highest BCUT2D eigenvalue weighted by Gasteiger charge is 2.25. The van der Waals surface area contributed by atoms with Crippen molar-refractivity contribution in [1.82, 2.24) is 15.1 Å². The van der Waals surface area contributed by atoms with Gasteiger partial charge >= 0.3 is 5.97 Å². The molecule has 2 rings (SSSR count). The third-order valence-electron chi connectivity index (χ3n) is 3.83. The van der Waals surface area contributed by atoms with E-state index >= 15 is 0 Å². The minimum atomic E-state index is -0.903. The van der Waals surface area contributed by atoms with E-state index in [0.29, 0.717) is 12.1 Å². The van der Waals surface area contributed by atoms with E-state index in [1.807, 2.05) is 14.0 Å². The number of aliphatic carboxylic acids is 1. The second-order valence-electron chi connectivity index (χ2n) is 5.28. The molecule has 1 aromatic heterocycles. The van der Waals surface area contributed by atoms with Crippen molar-refractivity contribution in [3.63, 3.8) is 0 Å². The molecule has 6 nitrogen and oxygen atoms in total. The average molecular weight is 279 g/mol. The molecule has 1 amide bonds. The maximum Gasteiger partial charge on any atom is 0.305 e. The highest BCUT2D eigenvalue weighted by molar-refractivity contribution is 5.94. The van der Waals surface area contributed by atoms with Gasteiger partial charge in [-0.05, 0) is 32.1 Å². The summed E-state index contributed by atoms with van der Waals surface area (Å²) in [7, 11) is 1.86. The van der Waals surface area contributed by atoms with E-state index in [0.717, 1.165) is 36.9 Å². The number of nitrogens with one attached hydrogen (secondary N) is 1. The van der Waals surface area contributed by atoms with Crippen molar-refractivity contribution in [2.45, 2.75) is 51.5 Å². The molecule has 1 aliphatic rings. The summed E-state index contributed by atoms with van der Waals surface area (Å²) in [4.78, 5) is 23.1. The largest absolute Gasteiger partial charge is 0.481 e. The van der Waals surface area contributed by atoms with Crippen LogP contribution in [-0.2, 0) is 24.7 Å². The Morgan fingerprint density at radius 2 is 2.10 bits per heavy atom. The van der Waals surface area contributed by atoms with Gasteiger partial charge in [0.25, 0.3) is 5.91 Å². The molecule has 1 atom stereocenters. The van der Waals surface area contributed by atoms with E-state index in [1.165, 1.54) is 0 Å². The van der Waals surface area contributed by atoms with Crippen molar-refractivity contribution >= 4 is 11.9 Å². The van der Waals surface area contributed by atoms with Gasteiger partial charge in [0.1, 0.15) is 0 Å². The number of carbonyl (C=O) groups is 2. The summed E-state index contributed by atoms with van der Waals surface area (Å²) in [5.41, 5.74) is 2.63. The number of carboxylic acids is 1. The Labute approximate surface area is 118 Å². The molecular formula is C14H21N3O3. The number of carbonyl (C=O) groups excluding carboxylic acids is 1. The summed E-state index contributed by atoms with van der Waals surface area (Å²) in [6.07, 6.45) is 4.57. The summed E-state index contributed by atoms with van der Waals surface area (Å²) in [5, 5.41) is 15.9. The lowest BCUT2D eigenvalue weighted by molar-refractivity contribution is -0.137. The van der Waals surface area contributed by atoms with Crippen LogP contribution in [0.5, 0.6) is 0 Å². The Balaban J connectivity index is 2.15. The number of rotatable bonds is 5. The molecule has 0 bridgehead atoms. The molecule has 0 aromatic carbocycles. The van der Waals surface area contributed by atoms with Crippen LogP contribution in [0.15, 0.2) is 0 Å². The maximum absolute atomic E-state index is 12.3. The predicted octanol–water partition coefficient (Wildman–Crippen LogP) is 1.28. The van der Waals surface area contributed by atoms with Crippen molar-refractivity contribution in [2.24, 2.45) is 7.05 Å². The van der Waals surface area contributed by atoms with E-state index in [-0.39, 0.29) is 18.4 Å². The molecule has 0 aliphatic heterocycles. The minimum Gasteiger partial charge on any atom is -0.481 e. The molecule has 2 N–H and O–H groups in total. The molecule has 0 radical (unpaired) electrons. The number of amides is 1. The zero-order chi connectivity index (χ0) is 14.7. The van der Waals surface area contributed by atoms with Crippen molar-refractivity contribution < 1.29 is 14.7 Å². The zero-order valence-corrected chi connectivity index (χ0v) is 12.0. The summed E-state index contributed by atoms with van der Waals surface area (Å²) >= 11 is 0. The topological polar surface area (TPSA) is 84.2 Å². The fourth-order valence-electron chi connectivity index (χ4n) is 2.72. The van der Waals surface area contributed by atoms with Crippen LogP contribution in [0.1, 0.15) is 54.4 Å². The number of fused-ring (bicyclic) bond motifs is 1. The van der Waals surface area contributed by atoms with E-state index < -0.39 is 5.97 Å². The standard InChI is InChI=1S/C14H21N3O3/c1-3-9(8-12(18)19)15-14(20)13-10-6-4-5-7-11(10)17(2)16-13/h9H,3-8H2,1-2H3,(H,15,20)(H,18,19). The van der Waals surface area contributed by atoms with Gasteiger partial charge in [0, 0.05) is 24.3 Å². The van der Waals surface area contributed by atoms with Crippen LogP contribution < -0.4 is 5.32 Å². The Kier molecular flexibility index (Phi) is 4.42. The molecule has 6 heteroatoms. The van der Waals surface area contributed by atoms with Gasteiger partial charge in [0.15, 0.2) is 5.69 Å². The molecule has 0 saturated heterocycles. The fraction of sp³-hybridized carbons (Fsp3) is 0.643. The van der Waals surface area contributed by atoms with Gasteiger partial charge in [-0.25, -0.2) is 0 Å². The maximum atomic E-state index is 12.3. The summed E-state index contributed by atoms with van der Waals surface area (Å²) in [6.45, 7) is 1.86. The second-order valence-corrected chi connectivity index (χ2v) is 5.28. The van der Waals surface area contributed by atoms with Crippen LogP contribution >= 0.6 is 0 Å². The van der Waals surface area contributed by atoms with E-state index in [1.54, 1.807) is 4.68 Å². The molecule has 1 aromatic rings. The van der Waals surface area contributed by atoms with Crippen LogP contribution in [0, 0.1) is 0 Å². The molecule has 1 unspecified atom stereocenters. The first-order chi connectivity index (χ1) is 9.52. The Morgan fingerprint density at radius 3 is 2.75 bits per heavy atom. The highest BCUT2D eigenvalue weighted by Crippen LogP contribution is 2.23. The van der Waals surface area contributed by atoms with Crippen LogP contribution in [0.4, 0.5) is 0 Å². The van der Waals surface area contributed by atoms with E-state index in [9.17, 15) is 9.59 Å². The molecule has 1 heterocycles. The first-order valence-corrected chi connectivity index (χ1v) is 7.10. The average Bonchev–Trinajstić information content (AvgIpc) is 2.75. The van der Waals surface area contributed by atoms with Gasteiger partial charge in [-0.3, -0.25) is 14.3 Å². The molecule has 20 heavy (non-hydrogen) atoms. The number of aromatic nitrogens is 2. The summed E-state index contributed by atoms with van der Waals surface area (Å²) in [5.74, 6) is -1.16. The molecule has 0 fully saturated rings. The number of aryl methyl sites for hydroxylation is 1. The first kappa shape index (κ1) is 14.6. The number of carboxylic acid groups (broad SMARTS) is 1. The van der Waals surface area contributed by atoms with E-state index in [4.69, 9.17) is 5.11 Å². The smallest absolute Gasteiger partial charge is 0.305 e. The quantitative estimate of drug-likeness (QED) is 0.850. The first-order valence-electron chi connectivity index (χ1n) is 7.10. The fourth-order valence-corrected chi connectivity index (χ4v) is 2.72. The van der Waals surface area contributed by atoms with Crippen LogP contribution in [-0.4, -0.2) is 32.8 Å². The monoisotopic (exact) mass is 279 g/mol. The van der Waals surface area contributed by atoms with Gasteiger partial charge < -0.3 is 10.4 Å². The Hall–Kier alpha value is -1.85. The molecule has 0 saturated carbocycles. The summed E-state index contributed by atoms with van der Waals surface area (Å²) < 4.78 is 1.78. The zero-order valence-electron chi connectivity index (χ0n) is 12.0. The van der Waals surface area contributed by atoms with E-state index in [2.05, 4.69) is 10.4 Å². The van der Waals surface area contributed by atoms with Crippen LogP contribution in [0.25, 0.3) is 0 Å². The Morgan fingerprint density at radius 1 is 1.40 bits per heavy atom. The van der Waals surface area contributed by atoms with Gasteiger partial charge in [0.05, 0.1) is 6.42 Å². The molecule has 1 aliphatic carbocycles. The third-order valence-corrected chi connectivity index (χ3v) is 3.83. The minimum absolute atomic E-state index is 0.0583. The molecular weight excluding hydrogens is 258 g/mol. The Bertz CT molecular complexity index is 522. The van der Waals surface area contributed by atoms with Crippen molar-refractivity contribution in [3.8, 4) is 0 Å². The van der Waals surface area contributed by atoms with Crippen molar-refractivity contribution in [3.05, 3.63) is 17.0 Å². The van der Waals surface area contributed by atoms with Gasteiger partial charge in [0.2, 0.25) is 0 Å². The lowest BCUT2D eigenvalue weighted by Crippen LogP contribution is -2.36. The van der Waals surface area contributed by atoms with Gasteiger partial charge in [-0.1, -0.05) is 6.92 Å². The van der Waals surface area contributed by atoms with Gasteiger partial charge in [-0.15, -0.1) is 0 Å². The lowest BCUT2D eigenvalue weighted by Gasteiger charge is -2.15. The number of hydrogen-bond donors (Lipinski definition) is 2. The lowest BCUT2D eigenvalue weighted by atomic mass is 9.95. The highest BCUT2D eigenvalue weighted by atomic mass is 16.4.